The number of benzene rings is 1. The maximum atomic E-state index is 12.8. The Labute approximate surface area is 181 Å². The lowest BCUT2D eigenvalue weighted by Gasteiger charge is -2.21. The fraction of sp³-hybridized carbons (Fsp3) is 0.476. The lowest BCUT2D eigenvalue weighted by atomic mass is 10.3. The standard InChI is InChI=1S/C21H30N4O6/c1-28-12-4-10-22-20(26)18-15-31-19(24-18)14-25(11-5-13-29-2)21(27)23-16-6-8-17(30-3)9-7-16/h6-9,15H,4-5,10-14H2,1-3H3,(H,22,26)(H,23,27). The second-order valence-electron chi connectivity index (χ2n) is 6.66. The number of aromatic nitrogens is 1. The van der Waals surface area contributed by atoms with Crippen molar-refractivity contribution in [3.05, 3.63) is 42.1 Å². The van der Waals surface area contributed by atoms with Gasteiger partial charge in [0.25, 0.3) is 5.91 Å². The molecule has 10 nitrogen and oxygen atoms in total. The topological polar surface area (TPSA) is 115 Å². The Kier molecular flexibility index (Phi) is 10.3. The quantitative estimate of drug-likeness (QED) is 0.466. The molecule has 1 aromatic carbocycles. The van der Waals surface area contributed by atoms with Gasteiger partial charge in [0.05, 0.1) is 13.7 Å². The van der Waals surface area contributed by atoms with Crippen LogP contribution in [0.1, 0.15) is 29.2 Å². The van der Waals surface area contributed by atoms with Crippen LogP contribution in [0.5, 0.6) is 5.75 Å². The number of oxazole rings is 1. The van der Waals surface area contributed by atoms with E-state index >= 15 is 0 Å². The first-order valence-electron chi connectivity index (χ1n) is 9.97. The number of ether oxygens (including phenoxy) is 3. The molecular weight excluding hydrogens is 404 g/mol. The van der Waals surface area contributed by atoms with Crippen molar-refractivity contribution in [1.29, 1.82) is 0 Å². The fourth-order valence-corrected chi connectivity index (χ4v) is 2.69. The molecule has 0 radical (unpaired) electrons. The van der Waals surface area contributed by atoms with Crippen molar-refractivity contribution in [3.8, 4) is 5.75 Å². The van der Waals surface area contributed by atoms with Gasteiger partial charge >= 0.3 is 6.03 Å². The number of anilines is 1. The maximum absolute atomic E-state index is 12.8. The molecule has 0 aliphatic heterocycles. The predicted molar refractivity (Wildman–Crippen MR) is 114 cm³/mol. The van der Waals surface area contributed by atoms with Gasteiger partial charge in [0.1, 0.15) is 12.0 Å². The largest absolute Gasteiger partial charge is 0.497 e. The number of urea groups is 1. The Morgan fingerprint density at radius 2 is 1.77 bits per heavy atom. The van der Waals surface area contributed by atoms with Crippen LogP contribution in [-0.2, 0) is 16.0 Å². The maximum Gasteiger partial charge on any atom is 0.322 e. The van der Waals surface area contributed by atoms with Crippen LogP contribution >= 0.6 is 0 Å². The molecule has 2 aromatic rings. The molecule has 1 heterocycles. The second kappa shape index (κ2) is 13.2. The third-order valence-electron chi connectivity index (χ3n) is 4.33. The molecular formula is C21H30N4O6. The van der Waals surface area contributed by atoms with Gasteiger partial charge in [-0.05, 0) is 37.1 Å². The molecule has 10 heteroatoms. The van der Waals surface area contributed by atoms with Crippen LogP contribution < -0.4 is 15.4 Å². The zero-order valence-corrected chi connectivity index (χ0v) is 18.2. The van der Waals surface area contributed by atoms with Crippen molar-refractivity contribution in [2.45, 2.75) is 19.4 Å². The zero-order chi connectivity index (χ0) is 22.5. The van der Waals surface area contributed by atoms with E-state index < -0.39 is 0 Å². The van der Waals surface area contributed by atoms with Crippen molar-refractivity contribution in [3.63, 3.8) is 0 Å². The number of amides is 3. The number of nitrogens with one attached hydrogen (secondary N) is 2. The van der Waals surface area contributed by atoms with E-state index in [1.807, 2.05) is 0 Å². The Balaban J connectivity index is 1.98. The molecule has 0 unspecified atom stereocenters. The number of rotatable bonds is 13. The molecule has 2 N–H and O–H groups in total. The summed E-state index contributed by atoms with van der Waals surface area (Å²) in [5.74, 6) is 0.631. The zero-order valence-electron chi connectivity index (χ0n) is 18.2. The number of carbonyl (C=O) groups is 2. The van der Waals surface area contributed by atoms with Gasteiger partial charge in [0.2, 0.25) is 5.89 Å². The Bertz CT molecular complexity index is 808. The molecule has 0 saturated heterocycles. The minimum atomic E-state index is -0.334. The van der Waals surface area contributed by atoms with E-state index in [4.69, 9.17) is 18.6 Å². The Morgan fingerprint density at radius 3 is 2.45 bits per heavy atom. The molecule has 0 bridgehead atoms. The average Bonchev–Trinajstić information content (AvgIpc) is 3.25. The molecule has 0 aliphatic carbocycles. The second-order valence-corrected chi connectivity index (χ2v) is 6.66. The minimum Gasteiger partial charge on any atom is -0.497 e. The summed E-state index contributed by atoms with van der Waals surface area (Å²) in [6, 6.07) is 6.71. The first kappa shape index (κ1) is 24.2. The lowest BCUT2D eigenvalue weighted by molar-refractivity contribution is 0.0943. The van der Waals surface area contributed by atoms with Crippen molar-refractivity contribution in [2.75, 3.05) is 52.9 Å². The summed E-state index contributed by atoms with van der Waals surface area (Å²) in [7, 11) is 4.79. The number of hydrogen-bond donors (Lipinski definition) is 2. The molecule has 0 atom stereocenters. The summed E-state index contributed by atoms with van der Waals surface area (Å²) >= 11 is 0. The van der Waals surface area contributed by atoms with Crippen LogP contribution in [0.3, 0.4) is 0 Å². The molecule has 0 fully saturated rings. The summed E-state index contributed by atoms with van der Waals surface area (Å²) in [6.07, 6.45) is 2.63. The number of nitrogens with zero attached hydrogens (tertiary/aromatic N) is 2. The third kappa shape index (κ3) is 8.27. The van der Waals surface area contributed by atoms with Crippen LogP contribution in [0.4, 0.5) is 10.5 Å². The molecule has 0 spiro atoms. The number of methoxy groups -OCH3 is 3. The van der Waals surface area contributed by atoms with E-state index in [1.165, 1.54) is 6.26 Å². The van der Waals surface area contributed by atoms with Gasteiger partial charge in [-0.15, -0.1) is 0 Å². The highest BCUT2D eigenvalue weighted by Crippen LogP contribution is 2.16. The van der Waals surface area contributed by atoms with Crippen molar-refractivity contribution < 1.29 is 28.2 Å². The Morgan fingerprint density at radius 1 is 1.06 bits per heavy atom. The molecule has 0 aliphatic rings. The van der Waals surface area contributed by atoms with Gasteiger partial charge in [-0.2, -0.15) is 0 Å². The first-order valence-corrected chi connectivity index (χ1v) is 9.97. The van der Waals surface area contributed by atoms with Gasteiger partial charge < -0.3 is 34.2 Å². The smallest absolute Gasteiger partial charge is 0.322 e. The normalized spacial score (nSPS) is 10.5. The summed E-state index contributed by atoms with van der Waals surface area (Å²) in [4.78, 5) is 30.7. The minimum absolute atomic E-state index is 0.114. The summed E-state index contributed by atoms with van der Waals surface area (Å²) in [5.41, 5.74) is 0.797. The van der Waals surface area contributed by atoms with E-state index in [0.29, 0.717) is 50.6 Å². The molecule has 2 rings (SSSR count). The SMILES string of the molecule is COCCCNC(=O)c1coc(CN(CCCOC)C(=O)Nc2ccc(OC)cc2)n1. The molecule has 0 saturated carbocycles. The predicted octanol–water partition coefficient (Wildman–Crippen LogP) is 2.52. The van der Waals surface area contributed by atoms with Crippen LogP contribution in [-0.4, -0.2) is 69.5 Å². The molecule has 170 valence electrons. The number of hydrogen-bond acceptors (Lipinski definition) is 7. The highest BCUT2D eigenvalue weighted by Gasteiger charge is 2.19. The monoisotopic (exact) mass is 434 g/mol. The molecule has 1 aromatic heterocycles. The Hall–Kier alpha value is -3.11. The summed E-state index contributed by atoms with van der Waals surface area (Å²) < 4.78 is 20.6. The highest BCUT2D eigenvalue weighted by atomic mass is 16.5. The van der Waals surface area contributed by atoms with E-state index in [9.17, 15) is 9.59 Å². The lowest BCUT2D eigenvalue weighted by Crippen LogP contribution is -2.36. The van der Waals surface area contributed by atoms with Crippen molar-refractivity contribution in [1.82, 2.24) is 15.2 Å². The van der Waals surface area contributed by atoms with Crippen LogP contribution in [0.2, 0.25) is 0 Å². The highest BCUT2D eigenvalue weighted by molar-refractivity contribution is 5.92. The van der Waals surface area contributed by atoms with Gasteiger partial charge in [-0.1, -0.05) is 0 Å². The average molecular weight is 434 g/mol. The van der Waals surface area contributed by atoms with E-state index in [0.717, 1.165) is 0 Å². The van der Waals surface area contributed by atoms with Gasteiger partial charge in [0, 0.05) is 46.2 Å². The fourth-order valence-electron chi connectivity index (χ4n) is 2.69. The van der Waals surface area contributed by atoms with E-state index in [-0.39, 0.29) is 30.1 Å². The number of carbonyl (C=O) groups excluding carboxylic acids is 2. The summed E-state index contributed by atoms with van der Waals surface area (Å²) in [6.45, 7) is 2.08. The van der Waals surface area contributed by atoms with Gasteiger partial charge in [-0.3, -0.25) is 4.79 Å². The van der Waals surface area contributed by atoms with Gasteiger partial charge in [0.15, 0.2) is 5.69 Å². The van der Waals surface area contributed by atoms with Gasteiger partial charge in [-0.25, -0.2) is 9.78 Å². The van der Waals surface area contributed by atoms with Crippen LogP contribution in [0, 0.1) is 0 Å². The first-order chi connectivity index (χ1) is 15.1. The van der Waals surface area contributed by atoms with Crippen LogP contribution in [0.15, 0.2) is 34.9 Å². The van der Waals surface area contributed by atoms with Crippen LogP contribution in [0.25, 0.3) is 0 Å². The third-order valence-corrected chi connectivity index (χ3v) is 4.33. The van der Waals surface area contributed by atoms with E-state index in [1.54, 1.807) is 50.5 Å². The summed E-state index contributed by atoms with van der Waals surface area (Å²) in [5, 5.41) is 5.59. The molecule has 31 heavy (non-hydrogen) atoms. The molecule has 3 amide bonds. The van der Waals surface area contributed by atoms with Crippen molar-refractivity contribution >= 4 is 17.6 Å². The van der Waals surface area contributed by atoms with Crippen molar-refractivity contribution in [2.24, 2.45) is 0 Å². The van der Waals surface area contributed by atoms with E-state index in [2.05, 4.69) is 15.6 Å².